The lowest BCUT2D eigenvalue weighted by molar-refractivity contribution is -0.130. The van der Waals surface area contributed by atoms with Gasteiger partial charge in [0.25, 0.3) is 5.91 Å². The number of nitrogens with one attached hydrogen (secondary N) is 1. The van der Waals surface area contributed by atoms with Gasteiger partial charge < -0.3 is 10.2 Å². The van der Waals surface area contributed by atoms with E-state index in [0.29, 0.717) is 25.1 Å². The molecule has 0 radical (unpaired) electrons. The number of amides is 2. The van der Waals surface area contributed by atoms with E-state index in [1.807, 2.05) is 41.9 Å². The molecule has 5 heteroatoms. The van der Waals surface area contributed by atoms with Gasteiger partial charge >= 0.3 is 0 Å². The zero-order valence-corrected chi connectivity index (χ0v) is 13.7. The van der Waals surface area contributed by atoms with Crippen molar-refractivity contribution in [2.75, 3.05) is 13.6 Å². The van der Waals surface area contributed by atoms with Crippen molar-refractivity contribution in [2.45, 2.75) is 19.9 Å². The summed E-state index contributed by atoms with van der Waals surface area (Å²) in [7, 11) is 1.78. The zero-order chi connectivity index (χ0) is 15.9. The molecule has 1 heterocycles. The van der Waals surface area contributed by atoms with Gasteiger partial charge in [0.15, 0.2) is 0 Å². The SMILES string of the molecule is Cc1cccc(C(=O)NCCC(=O)N(C)Cc2ccsc2)c1. The van der Waals surface area contributed by atoms with Crippen LogP contribution in [0.3, 0.4) is 0 Å². The molecule has 0 unspecified atom stereocenters. The van der Waals surface area contributed by atoms with E-state index >= 15 is 0 Å². The van der Waals surface area contributed by atoms with E-state index in [1.54, 1.807) is 29.4 Å². The van der Waals surface area contributed by atoms with Crippen molar-refractivity contribution in [3.63, 3.8) is 0 Å². The minimum atomic E-state index is -0.142. The lowest BCUT2D eigenvalue weighted by Crippen LogP contribution is -2.31. The van der Waals surface area contributed by atoms with Gasteiger partial charge in [-0.3, -0.25) is 9.59 Å². The quantitative estimate of drug-likeness (QED) is 0.891. The third-order valence-corrected chi connectivity index (χ3v) is 4.06. The van der Waals surface area contributed by atoms with Gasteiger partial charge in [0.1, 0.15) is 0 Å². The molecule has 2 aromatic rings. The van der Waals surface area contributed by atoms with E-state index in [2.05, 4.69) is 5.32 Å². The van der Waals surface area contributed by atoms with Crippen molar-refractivity contribution in [3.8, 4) is 0 Å². The Hall–Kier alpha value is -2.14. The van der Waals surface area contributed by atoms with Crippen molar-refractivity contribution in [3.05, 3.63) is 57.8 Å². The zero-order valence-electron chi connectivity index (χ0n) is 12.8. The minimum absolute atomic E-state index is 0.0238. The van der Waals surface area contributed by atoms with Gasteiger partial charge in [-0.05, 0) is 41.4 Å². The third kappa shape index (κ3) is 4.70. The van der Waals surface area contributed by atoms with Crippen LogP contribution in [0, 0.1) is 6.92 Å². The monoisotopic (exact) mass is 316 g/mol. The van der Waals surface area contributed by atoms with Crippen molar-refractivity contribution < 1.29 is 9.59 Å². The van der Waals surface area contributed by atoms with E-state index in [4.69, 9.17) is 0 Å². The molecule has 0 saturated carbocycles. The first-order valence-corrected chi connectivity index (χ1v) is 8.10. The maximum absolute atomic E-state index is 12.0. The smallest absolute Gasteiger partial charge is 0.251 e. The van der Waals surface area contributed by atoms with Crippen molar-refractivity contribution in [2.24, 2.45) is 0 Å². The molecular weight excluding hydrogens is 296 g/mol. The first kappa shape index (κ1) is 16.2. The molecule has 2 rings (SSSR count). The Morgan fingerprint density at radius 1 is 1.27 bits per heavy atom. The summed E-state index contributed by atoms with van der Waals surface area (Å²) in [5.41, 5.74) is 2.79. The highest BCUT2D eigenvalue weighted by atomic mass is 32.1. The van der Waals surface area contributed by atoms with Crippen LogP contribution in [0.1, 0.15) is 27.9 Å². The molecule has 0 bridgehead atoms. The summed E-state index contributed by atoms with van der Waals surface area (Å²) in [6.07, 6.45) is 0.304. The number of benzene rings is 1. The molecule has 0 aliphatic rings. The molecule has 2 amide bonds. The molecule has 1 N–H and O–H groups in total. The molecular formula is C17H20N2O2S. The Balaban J connectivity index is 1.75. The Kier molecular flexibility index (Phi) is 5.72. The van der Waals surface area contributed by atoms with Gasteiger partial charge in [0.05, 0.1) is 0 Å². The Bertz CT molecular complexity index is 638. The van der Waals surface area contributed by atoms with Gasteiger partial charge in [-0.25, -0.2) is 0 Å². The average molecular weight is 316 g/mol. The summed E-state index contributed by atoms with van der Waals surface area (Å²) in [6.45, 7) is 2.90. The maximum atomic E-state index is 12.0. The summed E-state index contributed by atoms with van der Waals surface area (Å²) in [4.78, 5) is 25.7. The molecule has 1 aromatic carbocycles. The number of thiophene rings is 1. The fourth-order valence-corrected chi connectivity index (χ4v) is 2.77. The maximum Gasteiger partial charge on any atom is 0.251 e. The summed E-state index contributed by atoms with van der Waals surface area (Å²) in [5.74, 6) is -0.118. The van der Waals surface area contributed by atoms with Crippen molar-refractivity contribution >= 4 is 23.2 Å². The predicted octanol–water partition coefficient (Wildman–Crippen LogP) is 2.84. The van der Waals surface area contributed by atoms with Gasteiger partial charge in [-0.2, -0.15) is 11.3 Å². The van der Waals surface area contributed by atoms with Crippen LogP contribution < -0.4 is 5.32 Å². The number of aryl methyl sites for hydroxylation is 1. The molecule has 0 aliphatic carbocycles. The number of carbonyl (C=O) groups is 2. The molecule has 0 aliphatic heterocycles. The molecule has 0 saturated heterocycles. The highest BCUT2D eigenvalue weighted by Gasteiger charge is 2.11. The largest absolute Gasteiger partial charge is 0.352 e. The fourth-order valence-electron chi connectivity index (χ4n) is 2.11. The van der Waals surface area contributed by atoms with Gasteiger partial charge in [0.2, 0.25) is 5.91 Å². The van der Waals surface area contributed by atoms with Crippen molar-refractivity contribution in [1.82, 2.24) is 10.2 Å². The number of nitrogens with zero attached hydrogens (tertiary/aromatic N) is 1. The molecule has 0 fully saturated rings. The van der Waals surface area contributed by atoms with E-state index in [0.717, 1.165) is 11.1 Å². The van der Waals surface area contributed by atoms with E-state index in [1.165, 1.54) is 0 Å². The third-order valence-electron chi connectivity index (χ3n) is 3.33. The van der Waals surface area contributed by atoms with Crippen LogP contribution in [-0.4, -0.2) is 30.3 Å². The fraction of sp³-hybridized carbons (Fsp3) is 0.294. The van der Waals surface area contributed by atoms with E-state index in [-0.39, 0.29) is 11.8 Å². The molecule has 0 spiro atoms. The van der Waals surface area contributed by atoms with Crippen LogP contribution in [-0.2, 0) is 11.3 Å². The molecule has 4 nitrogen and oxygen atoms in total. The highest BCUT2D eigenvalue weighted by molar-refractivity contribution is 7.07. The second kappa shape index (κ2) is 7.75. The van der Waals surface area contributed by atoms with Crippen molar-refractivity contribution in [1.29, 1.82) is 0 Å². The topological polar surface area (TPSA) is 49.4 Å². The van der Waals surface area contributed by atoms with Crippen LogP contribution in [0.2, 0.25) is 0 Å². The summed E-state index contributed by atoms with van der Waals surface area (Å²) in [5, 5.41) is 6.81. The molecule has 116 valence electrons. The van der Waals surface area contributed by atoms with Crippen LogP contribution >= 0.6 is 11.3 Å². The molecule has 1 aromatic heterocycles. The number of hydrogen-bond donors (Lipinski definition) is 1. The van der Waals surface area contributed by atoms with Gasteiger partial charge in [-0.15, -0.1) is 0 Å². The summed E-state index contributed by atoms with van der Waals surface area (Å²) in [6, 6.07) is 9.41. The second-order valence-electron chi connectivity index (χ2n) is 5.26. The number of hydrogen-bond acceptors (Lipinski definition) is 3. The van der Waals surface area contributed by atoms with Crippen LogP contribution in [0.25, 0.3) is 0 Å². The number of rotatable bonds is 6. The van der Waals surface area contributed by atoms with Gasteiger partial charge in [0, 0.05) is 32.1 Å². The summed E-state index contributed by atoms with van der Waals surface area (Å²) >= 11 is 1.62. The second-order valence-corrected chi connectivity index (χ2v) is 6.04. The first-order valence-electron chi connectivity index (χ1n) is 7.16. The lowest BCUT2D eigenvalue weighted by atomic mass is 10.1. The van der Waals surface area contributed by atoms with Crippen LogP contribution in [0.5, 0.6) is 0 Å². The van der Waals surface area contributed by atoms with Crippen LogP contribution in [0.15, 0.2) is 41.1 Å². The number of carbonyl (C=O) groups excluding carboxylic acids is 2. The normalized spacial score (nSPS) is 10.3. The van der Waals surface area contributed by atoms with Crippen LogP contribution in [0.4, 0.5) is 0 Å². The Labute approximate surface area is 134 Å². The van der Waals surface area contributed by atoms with E-state index in [9.17, 15) is 9.59 Å². The minimum Gasteiger partial charge on any atom is -0.352 e. The standard InChI is InChI=1S/C17H20N2O2S/c1-13-4-3-5-15(10-13)17(21)18-8-6-16(20)19(2)11-14-7-9-22-12-14/h3-5,7,9-10,12H,6,8,11H2,1-2H3,(H,18,21). The molecule has 22 heavy (non-hydrogen) atoms. The Morgan fingerprint density at radius 3 is 2.77 bits per heavy atom. The average Bonchev–Trinajstić information content (AvgIpc) is 2.99. The summed E-state index contributed by atoms with van der Waals surface area (Å²) < 4.78 is 0. The molecule has 0 atom stereocenters. The predicted molar refractivity (Wildman–Crippen MR) is 88.9 cm³/mol. The lowest BCUT2D eigenvalue weighted by Gasteiger charge is -2.16. The van der Waals surface area contributed by atoms with Gasteiger partial charge in [-0.1, -0.05) is 17.7 Å². The van der Waals surface area contributed by atoms with E-state index < -0.39 is 0 Å². The first-order chi connectivity index (χ1) is 10.6. The highest BCUT2D eigenvalue weighted by Crippen LogP contribution is 2.09. The Morgan fingerprint density at radius 2 is 2.09 bits per heavy atom.